The van der Waals surface area contributed by atoms with E-state index in [9.17, 15) is 4.79 Å². The van der Waals surface area contributed by atoms with Crippen LogP contribution in [0.3, 0.4) is 0 Å². The van der Waals surface area contributed by atoms with E-state index in [2.05, 4.69) is 27.0 Å². The average molecular weight is 269 g/mol. The molecule has 0 radical (unpaired) electrons. The summed E-state index contributed by atoms with van der Waals surface area (Å²) in [5.74, 6) is -0.512. The topological polar surface area (TPSA) is 66.3 Å². The number of rotatable bonds is 4. The van der Waals surface area contributed by atoms with Crippen molar-refractivity contribution in [3.63, 3.8) is 0 Å². The van der Waals surface area contributed by atoms with E-state index in [0.717, 1.165) is 30.9 Å². The fourth-order valence-electron chi connectivity index (χ4n) is 2.43. The third-order valence-corrected chi connectivity index (χ3v) is 3.33. The van der Waals surface area contributed by atoms with E-state index in [-0.39, 0.29) is 6.42 Å². The van der Waals surface area contributed by atoms with E-state index in [0.29, 0.717) is 5.82 Å². The molecule has 5 heteroatoms. The zero-order valence-corrected chi connectivity index (χ0v) is 11.0. The highest BCUT2D eigenvalue weighted by molar-refractivity contribution is 5.68. The summed E-state index contributed by atoms with van der Waals surface area (Å²) in [7, 11) is 0. The molecule has 1 aliphatic rings. The van der Waals surface area contributed by atoms with Gasteiger partial charge in [-0.2, -0.15) is 0 Å². The number of hydrogen-bond acceptors (Lipinski definition) is 4. The highest BCUT2D eigenvalue weighted by Crippen LogP contribution is 2.22. The maximum atomic E-state index is 10.7. The molecule has 3 rings (SSSR count). The number of carboxylic acid groups (broad SMARTS) is 1. The molecular weight excluding hydrogens is 254 g/mol. The van der Waals surface area contributed by atoms with E-state index in [1.54, 1.807) is 6.20 Å². The first kappa shape index (κ1) is 12.7. The molecule has 2 heterocycles. The van der Waals surface area contributed by atoms with Gasteiger partial charge in [0.1, 0.15) is 12.2 Å². The summed E-state index contributed by atoms with van der Waals surface area (Å²) in [5.41, 5.74) is 3.31. The Morgan fingerprint density at radius 1 is 1.25 bits per heavy atom. The highest BCUT2D eigenvalue weighted by atomic mass is 16.4. The van der Waals surface area contributed by atoms with Crippen LogP contribution in [0.5, 0.6) is 0 Å². The highest BCUT2D eigenvalue weighted by Gasteiger charge is 2.21. The van der Waals surface area contributed by atoms with Gasteiger partial charge in [-0.3, -0.25) is 9.69 Å². The second kappa shape index (κ2) is 5.38. The van der Waals surface area contributed by atoms with Crippen molar-refractivity contribution in [2.45, 2.75) is 26.1 Å². The van der Waals surface area contributed by atoms with Crippen LogP contribution in [0.4, 0.5) is 0 Å². The summed E-state index contributed by atoms with van der Waals surface area (Å²) in [4.78, 5) is 21.4. The molecule has 1 aliphatic heterocycles. The van der Waals surface area contributed by atoms with Crippen molar-refractivity contribution in [2.24, 2.45) is 0 Å². The van der Waals surface area contributed by atoms with Crippen LogP contribution < -0.4 is 0 Å². The van der Waals surface area contributed by atoms with E-state index >= 15 is 0 Å². The third-order valence-electron chi connectivity index (χ3n) is 3.33. The number of carbonyl (C=O) groups is 1. The predicted molar refractivity (Wildman–Crippen MR) is 72.8 cm³/mol. The third kappa shape index (κ3) is 2.83. The van der Waals surface area contributed by atoms with Gasteiger partial charge in [-0.25, -0.2) is 9.97 Å². The molecule has 0 bridgehead atoms. The minimum absolute atomic E-state index is 0.119. The van der Waals surface area contributed by atoms with Crippen LogP contribution in [-0.4, -0.2) is 25.9 Å². The fourth-order valence-corrected chi connectivity index (χ4v) is 2.43. The molecule has 2 aromatic rings. The molecule has 102 valence electrons. The fraction of sp³-hybridized carbons (Fsp3) is 0.267. The first-order chi connectivity index (χ1) is 9.70. The maximum Gasteiger partial charge on any atom is 0.311 e. The summed E-state index contributed by atoms with van der Waals surface area (Å²) in [5, 5.41) is 8.77. The Bertz CT molecular complexity index is 628. The van der Waals surface area contributed by atoms with Crippen molar-refractivity contribution >= 4 is 5.97 Å². The number of nitrogens with zero attached hydrogens (tertiary/aromatic N) is 3. The van der Waals surface area contributed by atoms with Crippen molar-refractivity contribution in [3.8, 4) is 0 Å². The molecule has 0 spiro atoms. The van der Waals surface area contributed by atoms with Gasteiger partial charge in [0.05, 0.1) is 5.69 Å². The first-order valence-electron chi connectivity index (χ1n) is 6.52. The maximum absolute atomic E-state index is 10.7. The average Bonchev–Trinajstić information content (AvgIpc) is 2.80. The molecule has 5 nitrogen and oxygen atoms in total. The lowest BCUT2D eigenvalue weighted by atomic mass is 10.2. The van der Waals surface area contributed by atoms with Crippen LogP contribution in [0.1, 0.15) is 22.6 Å². The second-order valence-corrected chi connectivity index (χ2v) is 4.96. The lowest BCUT2D eigenvalue weighted by Crippen LogP contribution is -2.15. The Hall–Kier alpha value is -2.27. The summed E-state index contributed by atoms with van der Waals surface area (Å²) in [6.45, 7) is 2.43. The summed E-state index contributed by atoms with van der Waals surface area (Å²) in [6.07, 6.45) is 1.64. The summed E-state index contributed by atoms with van der Waals surface area (Å²) >= 11 is 0. The lowest BCUT2D eigenvalue weighted by Gasteiger charge is -2.13. The molecule has 0 amide bonds. The summed E-state index contributed by atoms with van der Waals surface area (Å²) < 4.78 is 0. The van der Waals surface area contributed by atoms with Gasteiger partial charge < -0.3 is 5.11 Å². The van der Waals surface area contributed by atoms with Crippen molar-refractivity contribution in [1.29, 1.82) is 0 Å². The lowest BCUT2D eigenvalue weighted by molar-refractivity contribution is -0.136. The van der Waals surface area contributed by atoms with E-state index in [1.165, 1.54) is 5.56 Å². The van der Waals surface area contributed by atoms with Crippen LogP contribution in [0, 0.1) is 0 Å². The van der Waals surface area contributed by atoms with Gasteiger partial charge >= 0.3 is 5.97 Å². The van der Waals surface area contributed by atoms with Crippen LogP contribution in [0.2, 0.25) is 0 Å². The molecule has 0 unspecified atom stereocenters. The van der Waals surface area contributed by atoms with Crippen molar-refractivity contribution in [3.05, 3.63) is 59.2 Å². The summed E-state index contributed by atoms with van der Waals surface area (Å²) in [6, 6.07) is 10.3. The second-order valence-electron chi connectivity index (χ2n) is 4.96. The SMILES string of the molecule is O=C(O)Cc1ncc2c(n1)CN(Cc1ccccc1)C2. The molecular formula is C15H15N3O2. The smallest absolute Gasteiger partial charge is 0.311 e. The number of hydrogen-bond donors (Lipinski definition) is 1. The molecule has 0 atom stereocenters. The molecule has 0 saturated heterocycles. The van der Waals surface area contributed by atoms with Gasteiger partial charge in [-0.1, -0.05) is 30.3 Å². The van der Waals surface area contributed by atoms with Crippen LogP contribution in [0.15, 0.2) is 36.5 Å². The molecule has 0 saturated carbocycles. The normalized spacial score (nSPS) is 14.2. The zero-order valence-electron chi connectivity index (χ0n) is 11.0. The number of carboxylic acids is 1. The van der Waals surface area contributed by atoms with Crippen LogP contribution in [-0.2, 0) is 30.8 Å². The Kier molecular flexibility index (Phi) is 3.43. The molecule has 0 aliphatic carbocycles. The van der Waals surface area contributed by atoms with E-state index in [1.807, 2.05) is 18.2 Å². The molecule has 0 fully saturated rings. The van der Waals surface area contributed by atoms with Crippen LogP contribution in [0.25, 0.3) is 0 Å². The van der Waals surface area contributed by atoms with Gasteiger partial charge in [-0.05, 0) is 5.56 Å². The van der Waals surface area contributed by atoms with Gasteiger partial charge in [0.25, 0.3) is 0 Å². The van der Waals surface area contributed by atoms with Gasteiger partial charge in [0.15, 0.2) is 0 Å². The van der Waals surface area contributed by atoms with Gasteiger partial charge in [0, 0.05) is 31.4 Å². The number of fused-ring (bicyclic) bond motifs is 1. The molecule has 1 aromatic carbocycles. The van der Waals surface area contributed by atoms with Gasteiger partial charge in [-0.15, -0.1) is 0 Å². The Labute approximate surface area is 116 Å². The standard InChI is InChI=1S/C15H15N3O2/c19-15(20)6-14-16-7-12-9-18(10-13(12)17-14)8-11-4-2-1-3-5-11/h1-5,7H,6,8-10H2,(H,19,20). The molecule has 20 heavy (non-hydrogen) atoms. The minimum atomic E-state index is -0.899. The van der Waals surface area contributed by atoms with E-state index < -0.39 is 5.97 Å². The monoisotopic (exact) mass is 269 g/mol. The van der Waals surface area contributed by atoms with Gasteiger partial charge in [0.2, 0.25) is 0 Å². The number of benzene rings is 1. The minimum Gasteiger partial charge on any atom is -0.481 e. The number of aliphatic carboxylic acids is 1. The predicted octanol–water partition coefficient (Wildman–Crippen LogP) is 1.62. The zero-order chi connectivity index (χ0) is 13.9. The Morgan fingerprint density at radius 2 is 2.05 bits per heavy atom. The van der Waals surface area contributed by atoms with Crippen molar-refractivity contribution in [1.82, 2.24) is 14.9 Å². The quantitative estimate of drug-likeness (QED) is 0.913. The van der Waals surface area contributed by atoms with Crippen molar-refractivity contribution in [2.75, 3.05) is 0 Å². The molecule has 1 N–H and O–H groups in total. The van der Waals surface area contributed by atoms with Crippen molar-refractivity contribution < 1.29 is 9.90 Å². The Morgan fingerprint density at radius 3 is 2.80 bits per heavy atom. The molecule has 1 aromatic heterocycles. The number of aromatic nitrogens is 2. The van der Waals surface area contributed by atoms with E-state index in [4.69, 9.17) is 5.11 Å². The largest absolute Gasteiger partial charge is 0.481 e. The van der Waals surface area contributed by atoms with Crippen LogP contribution >= 0.6 is 0 Å². The first-order valence-corrected chi connectivity index (χ1v) is 6.52. The Balaban J connectivity index is 1.70.